The molecular formula is C32H41N3O4S. The zero-order valence-electron chi connectivity index (χ0n) is 24.6. The minimum atomic E-state index is -4.10. The number of aryl methyl sites for hydroxylation is 4. The number of benzene rings is 3. The van der Waals surface area contributed by atoms with Crippen LogP contribution < -0.4 is 9.62 Å². The Morgan fingerprint density at radius 2 is 1.48 bits per heavy atom. The number of hydrogen-bond acceptors (Lipinski definition) is 4. The number of amides is 2. The summed E-state index contributed by atoms with van der Waals surface area (Å²) in [4.78, 5) is 28.9. The maximum Gasteiger partial charge on any atom is 0.264 e. The van der Waals surface area contributed by atoms with Crippen molar-refractivity contribution in [3.05, 3.63) is 94.5 Å². The van der Waals surface area contributed by atoms with Crippen LogP contribution in [0.1, 0.15) is 55.0 Å². The topological polar surface area (TPSA) is 86.8 Å². The number of nitrogens with zero attached hydrogens (tertiary/aromatic N) is 2. The summed E-state index contributed by atoms with van der Waals surface area (Å²) >= 11 is 0. The molecule has 8 heteroatoms. The standard InChI is InChI=1S/C32H41N3O4S/c1-8-26(6)33-32(37)27(7)34(20-28-12-10-9-11-24(28)4)31(36)21-35(30-19-23(3)13-16-25(30)5)40(38,39)29-17-14-22(2)15-18-29/h9-19,26-27H,8,20-21H2,1-7H3,(H,33,37)/t26-,27+/m1/s1. The number of nitrogens with one attached hydrogen (secondary N) is 1. The van der Waals surface area contributed by atoms with Crippen molar-refractivity contribution in [1.82, 2.24) is 10.2 Å². The summed E-state index contributed by atoms with van der Waals surface area (Å²) in [5.74, 6) is -0.748. The lowest BCUT2D eigenvalue weighted by atomic mass is 10.1. The lowest BCUT2D eigenvalue weighted by molar-refractivity contribution is -0.139. The first-order valence-electron chi connectivity index (χ1n) is 13.7. The van der Waals surface area contributed by atoms with Crippen LogP contribution >= 0.6 is 0 Å². The Bertz CT molecular complexity index is 1450. The Labute approximate surface area is 239 Å². The second-order valence-electron chi connectivity index (χ2n) is 10.6. The van der Waals surface area contributed by atoms with E-state index < -0.39 is 28.5 Å². The van der Waals surface area contributed by atoms with E-state index in [0.29, 0.717) is 5.69 Å². The van der Waals surface area contributed by atoms with Crippen LogP contribution in [-0.2, 0) is 26.2 Å². The Kier molecular flexibility index (Phi) is 10.1. The molecule has 0 radical (unpaired) electrons. The van der Waals surface area contributed by atoms with Crippen LogP contribution in [0.5, 0.6) is 0 Å². The van der Waals surface area contributed by atoms with Gasteiger partial charge in [0.2, 0.25) is 11.8 Å². The summed E-state index contributed by atoms with van der Waals surface area (Å²) in [6.45, 7) is 12.8. The Hall–Kier alpha value is -3.65. The largest absolute Gasteiger partial charge is 0.352 e. The van der Waals surface area contributed by atoms with Crippen molar-refractivity contribution in [2.24, 2.45) is 0 Å². The van der Waals surface area contributed by atoms with E-state index in [9.17, 15) is 18.0 Å². The third-order valence-corrected chi connectivity index (χ3v) is 9.07. The number of rotatable bonds is 11. The van der Waals surface area contributed by atoms with E-state index in [1.807, 2.05) is 77.9 Å². The van der Waals surface area contributed by atoms with Gasteiger partial charge in [0.25, 0.3) is 10.0 Å². The van der Waals surface area contributed by atoms with E-state index in [0.717, 1.165) is 34.2 Å². The van der Waals surface area contributed by atoms with Crippen molar-refractivity contribution >= 4 is 27.5 Å². The van der Waals surface area contributed by atoms with Gasteiger partial charge in [0.05, 0.1) is 10.6 Å². The van der Waals surface area contributed by atoms with Crippen LogP contribution in [0.4, 0.5) is 5.69 Å². The van der Waals surface area contributed by atoms with Gasteiger partial charge in [-0.15, -0.1) is 0 Å². The molecule has 0 unspecified atom stereocenters. The first-order chi connectivity index (χ1) is 18.8. The number of hydrogen-bond donors (Lipinski definition) is 1. The molecule has 0 fully saturated rings. The number of anilines is 1. The van der Waals surface area contributed by atoms with E-state index >= 15 is 0 Å². The van der Waals surface area contributed by atoms with Gasteiger partial charge in [-0.3, -0.25) is 13.9 Å². The quantitative estimate of drug-likeness (QED) is 0.336. The minimum Gasteiger partial charge on any atom is -0.352 e. The summed E-state index contributed by atoms with van der Waals surface area (Å²) in [7, 11) is -4.10. The molecule has 0 aliphatic rings. The number of carbonyl (C=O) groups excluding carboxylic acids is 2. The van der Waals surface area contributed by atoms with Crippen LogP contribution in [0, 0.1) is 27.7 Å². The first-order valence-corrected chi connectivity index (χ1v) is 15.1. The van der Waals surface area contributed by atoms with Gasteiger partial charge in [0.15, 0.2) is 0 Å². The number of carbonyl (C=O) groups is 2. The first kappa shape index (κ1) is 30.9. The van der Waals surface area contributed by atoms with E-state index in [2.05, 4.69) is 5.32 Å². The number of sulfonamides is 1. The highest BCUT2D eigenvalue weighted by atomic mass is 32.2. The highest BCUT2D eigenvalue weighted by molar-refractivity contribution is 7.92. The molecule has 0 heterocycles. The Morgan fingerprint density at radius 3 is 2.10 bits per heavy atom. The fraction of sp³-hybridized carbons (Fsp3) is 0.375. The van der Waals surface area contributed by atoms with Crippen molar-refractivity contribution in [3.8, 4) is 0 Å². The average molecular weight is 564 g/mol. The van der Waals surface area contributed by atoms with Crippen LogP contribution in [-0.4, -0.2) is 43.8 Å². The fourth-order valence-electron chi connectivity index (χ4n) is 4.36. The molecule has 0 bridgehead atoms. The second kappa shape index (κ2) is 13.1. The summed E-state index contributed by atoms with van der Waals surface area (Å²) in [5.41, 5.74) is 4.82. The zero-order chi connectivity index (χ0) is 29.6. The lowest BCUT2D eigenvalue weighted by Gasteiger charge is -2.33. The van der Waals surface area contributed by atoms with Gasteiger partial charge in [-0.2, -0.15) is 0 Å². The predicted octanol–water partition coefficient (Wildman–Crippen LogP) is 5.45. The molecule has 3 rings (SSSR count). The molecule has 0 aliphatic heterocycles. The molecule has 0 aliphatic carbocycles. The molecule has 1 N–H and O–H groups in total. The smallest absolute Gasteiger partial charge is 0.264 e. The Morgan fingerprint density at radius 1 is 0.850 bits per heavy atom. The zero-order valence-corrected chi connectivity index (χ0v) is 25.4. The summed E-state index contributed by atoms with van der Waals surface area (Å²) in [6.07, 6.45) is 0.749. The summed E-state index contributed by atoms with van der Waals surface area (Å²) in [6, 6.07) is 18.9. The van der Waals surface area contributed by atoms with E-state index in [1.54, 1.807) is 37.3 Å². The minimum absolute atomic E-state index is 0.0567. The normalized spacial score (nSPS) is 12.9. The van der Waals surface area contributed by atoms with Crippen molar-refractivity contribution in [1.29, 1.82) is 0 Å². The molecule has 7 nitrogen and oxygen atoms in total. The molecular weight excluding hydrogens is 522 g/mol. The van der Waals surface area contributed by atoms with Crippen molar-refractivity contribution < 1.29 is 18.0 Å². The van der Waals surface area contributed by atoms with Gasteiger partial charge in [0.1, 0.15) is 12.6 Å². The lowest BCUT2D eigenvalue weighted by Crippen LogP contribution is -2.52. The molecule has 0 saturated carbocycles. The molecule has 2 amide bonds. The van der Waals surface area contributed by atoms with Crippen molar-refractivity contribution in [2.45, 2.75) is 78.4 Å². The molecule has 3 aromatic carbocycles. The van der Waals surface area contributed by atoms with Crippen LogP contribution in [0.15, 0.2) is 71.6 Å². The van der Waals surface area contributed by atoms with Gasteiger partial charge in [0, 0.05) is 12.6 Å². The highest BCUT2D eigenvalue weighted by Crippen LogP contribution is 2.29. The van der Waals surface area contributed by atoms with Crippen molar-refractivity contribution in [2.75, 3.05) is 10.8 Å². The second-order valence-corrected chi connectivity index (χ2v) is 12.4. The fourth-order valence-corrected chi connectivity index (χ4v) is 5.83. The predicted molar refractivity (Wildman–Crippen MR) is 161 cm³/mol. The van der Waals surface area contributed by atoms with Gasteiger partial charge in [-0.05, 0) is 88.4 Å². The molecule has 2 atom stereocenters. The van der Waals surface area contributed by atoms with Crippen LogP contribution in [0.2, 0.25) is 0 Å². The third-order valence-electron chi connectivity index (χ3n) is 7.29. The van der Waals surface area contributed by atoms with E-state index in [4.69, 9.17) is 0 Å². The molecule has 3 aromatic rings. The monoisotopic (exact) mass is 563 g/mol. The van der Waals surface area contributed by atoms with Gasteiger partial charge >= 0.3 is 0 Å². The van der Waals surface area contributed by atoms with E-state index in [-0.39, 0.29) is 23.4 Å². The maximum absolute atomic E-state index is 14.1. The average Bonchev–Trinajstić information content (AvgIpc) is 2.92. The van der Waals surface area contributed by atoms with Gasteiger partial charge in [-0.25, -0.2) is 8.42 Å². The molecule has 0 spiro atoms. The summed E-state index contributed by atoms with van der Waals surface area (Å²) in [5, 5.41) is 2.96. The molecule has 214 valence electrons. The third kappa shape index (κ3) is 7.30. The molecule has 0 aromatic heterocycles. The molecule has 40 heavy (non-hydrogen) atoms. The van der Waals surface area contributed by atoms with Crippen molar-refractivity contribution in [3.63, 3.8) is 0 Å². The summed E-state index contributed by atoms with van der Waals surface area (Å²) < 4.78 is 29.3. The van der Waals surface area contributed by atoms with Gasteiger partial charge < -0.3 is 10.2 Å². The van der Waals surface area contributed by atoms with Crippen LogP contribution in [0.25, 0.3) is 0 Å². The Balaban J connectivity index is 2.08. The van der Waals surface area contributed by atoms with Gasteiger partial charge in [-0.1, -0.05) is 61.0 Å². The highest BCUT2D eigenvalue weighted by Gasteiger charge is 2.33. The SMILES string of the molecule is CC[C@@H](C)NC(=O)[C@H](C)N(Cc1ccccc1C)C(=O)CN(c1cc(C)ccc1C)S(=O)(=O)c1ccc(C)cc1. The van der Waals surface area contributed by atoms with E-state index in [1.165, 1.54) is 9.21 Å². The maximum atomic E-state index is 14.1. The van der Waals surface area contributed by atoms with Crippen LogP contribution in [0.3, 0.4) is 0 Å². The molecule has 0 saturated heterocycles.